The highest BCUT2D eigenvalue weighted by atomic mass is 16.5. The molecular formula is C17H29NO. The lowest BCUT2D eigenvalue weighted by molar-refractivity contribution is 0.390. The number of nitrogens with one attached hydrogen (secondary N) is 1. The Hall–Kier alpha value is -1.02. The monoisotopic (exact) mass is 263 g/mol. The molecule has 2 nitrogen and oxygen atoms in total. The van der Waals surface area contributed by atoms with E-state index in [1.165, 1.54) is 18.4 Å². The van der Waals surface area contributed by atoms with Gasteiger partial charge in [0.1, 0.15) is 5.75 Å². The average molecular weight is 263 g/mol. The largest absolute Gasteiger partial charge is 0.497 e. The van der Waals surface area contributed by atoms with Crippen molar-refractivity contribution in [1.29, 1.82) is 0 Å². The molecule has 0 fully saturated rings. The fourth-order valence-electron chi connectivity index (χ4n) is 2.52. The van der Waals surface area contributed by atoms with Crippen LogP contribution in [0.25, 0.3) is 0 Å². The minimum Gasteiger partial charge on any atom is -0.497 e. The number of hydrogen-bond acceptors (Lipinski definition) is 2. The summed E-state index contributed by atoms with van der Waals surface area (Å²) in [7, 11) is 1.71. The molecule has 0 heterocycles. The molecule has 0 aliphatic rings. The van der Waals surface area contributed by atoms with Gasteiger partial charge in [-0.05, 0) is 56.7 Å². The van der Waals surface area contributed by atoms with Crippen LogP contribution >= 0.6 is 0 Å². The zero-order chi connectivity index (χ0) is 14.3. The van der Waals surface area contributed by atoms with Crippen molar-refractivity contribution in [3.05, 3.63) is 29.8 Å². The Bertz CT molecular complexity index is 345. The van der Waals surface area contributed by atoms with Crippen LogP contribution in [0.3, 0.4) is 0 Å². The number of aryl methyl sites for hydroxylation is 1. The van der Waals surface area contributed by atoms with Gasteiger partial charge in [0.15, 0.2) is 0 Å². The Morgan fingerprint density at radius 3 is 2.16 bits per heavy atom. The highest BCUT2D eigenvalue weighted by molar-refractivity contribution is 5.27. The Labute approximate surface area is 118 Å². The Balaban J connectivity index is 2.30. The molecule has 0 bridgehead atoms. The molecule has 0 saturated carbocycles. The van der Waals surface area contributed by atoms with E-state index in [0.717, 1.165) is 18.1 Å². The number of rotatable bonds is 8. The first-order chi connectivity index (χ1) is 9.01. The molecule has 2 unspecified atom stereocenters. The Morgan fingerprint density at radius 2 is 1.63 bits per heavy atom. The van der Waals surface area contributed by atoms with Crippen molar-refractivity contribution in [2.75, 3.05) is 7.11 Å². The number of methoxy groups -OCH3 is 1. The Morgan fingerprint density at radius 1 is 1.00 bits per heavy atom. The second kappa shape index (κ2) is 8.21. The molecule has 0 saturated heterocycles. The van der Waals surface area contributed by atoms with Crippen LogP contribution in [0.5, 0.6) is 5.75 Å². The maximum atomic E-state index is 5.17. The van der Waals surface area contributed by atoms with Gasteiger partial charge in [-0.2, -0.15) is 0 Å². The van der Waals surface area contributed by atoms with Gasteiger partial charge in [0.05, 0.1) is 7.11 Å². The fourth-order valence-corrected chi connectivity index (χ4v) is 2.52. The van der Waals surface area contributed by atoms with Crippen LogP contribution in [0, 0.1) is 5.92 Å². The summed E-state index contributed by atoms with van der Waals surface area (Å²) in [6.07, 6.45) is 3.54. The van der Waals surface area contributed by atoms with Crippen LogP contribution in [0.2, 0.25) is 0 Å². The molecule has 19 heavy (non-hydrogen) atoms. The van der Waals surface area contributed by atoms with Crippen LogP contribution < -0.4 is 10.1 Å². The van der Waals surface area contributed by atoms with Gasteiger partial charge in [-0.25, -0.2) is 0 Å². The van der Waals surface area contributed by atoms with Gasteiger partial charge >= 0.3 is 0 Å². The zero-order valence-corrected chi connectivity index (χ0v) is 13.1. The third kappa shape index (κ3) is 6.63. The van der Waals surface area contributed by atoms with Crippen LogP contribution in [-0.2, 0) is 6.42 Å². The third-order valence-electron chi connectivity index (χ3n) is 3.42. The summed E-state index contributed by atoms with van der Waals surface area (Å²) >= 11 is 0. The molecule has 1 rings (SSSR count). The van der Waals surface area contributed by atoms with Gasteiger partial charge in [0, 0.05) is 12.1 Å². The van der Waals surface area contributed by atoms with Gasteiger partial charge < -0.3 is 10.1 Å². The smallest absolute Gasteiger partial charge is 0.118 e. The number of benzene rings is 1. The molecule has 0 aromatic heterocycles. The first kappa shape index (κ1) is 16.0. The summed E-state index contributed by atoms with van der Waals surface area (Å²) in [6.45, 7) is 9.12. The van der Waals surface area contributed by atoms with Crippen molar-refractivity contribution in [3.63, 3.8) is 0 Å². The molecule has 1 N–H and O–H groups in total. The first-order valence-corrected chi connectivity index (χ1v) is 7.40. The minimum absolute atomic E-state index is 0.566. The normalized spacial score (nSPS) is 14.4. The molecular weight excluding hydrogens is 234 g/mol. The molecule has 0 aliphatic carbocycles. The predicted molar refractivity (Wildman–Crippen MR) is 82.8 cm³/mol. The van der Waals surface area contributed by atoms with Crippen LogP contribution in [0.1, 0.15) is 46.1 Å². The van der Waals surface area contributed by atoms with Gasteiger partial charge in [0.2, 0.25) is 0 Å². The van der Waals surface area contributed by atoms with E-state index in [0.29, 0.717) is 12.1 Å². The lowest BCUT2D eigenvalue weighted by Gasteiger charge is -2.21. The lowest BCUT2D eigenvalue weighted by Crippen LogP contribution is -2.35. The summed E-state index contributed by atoms with van der Waals surface area (Å²) in [4.78, 5) is 0. The molecule has 2 heteroatoms. The van der Waals surface area contributed by atoms with Gasteiger partial charge in [-0.3, -0.25) is 0 Å². The molecule has 0 radical (unpaired) electrons. The summed E-state index contributed by atoms with van der Waals surface area (Å²) in [6, 6.07) is 9.55. The lowest BCUT2D eigenvalue weighted by atomic mass is 10.0. The van der Waals surface area contributed by atoms with E-state index in [2.05, 4.69) is 45.1 Å². The van der Waals surface area contributed by atoms with E-state index in [9.17, 15) is 0 Å². The summed E-state index contributed by atoms with van der Waals surface area (Å²) in [5.41, 5.74) is 1.38. The maximum Gasteiger partial charge on any atom is 0.118 e. The van der Waals surface area contributed by atoms with Crippen molar-refractivity contribution in [1.82, 2.24) is 5.32 Å². The molecule has 2 atom stereocenters. The predicted octanol–water partition coefficient (Wildman–Crippen LogP) is 4.04. The number of hydrogen-bond donors (Lipinski definition) is 1. The third-order valence-corrected chi connectivity index (χ3v) is 3.42. The second-order valence-corrected chi connectivity index (χ2v) is 5.99. The number of ether oxygens (including phenoxy) is 1. The van der Waals surface area contributed by atoms with E-state index in [1.54, 1.807) is 7.11 Å². The second-order valence-electron chi connectivity index (χ2n) is 5.99. The van der Waals surface area contributed by atoms with Gasteiger partial charge in [0.25, 0.3) is 0 Å². The summed E-state index contributed by atoms with van der Waals surface area (Å²) < 4.78 is 5.17. The van der Waals surface area contributed by atoms with Crippen molar-refractivity contribution >= 4 is 0 Å². The highest BCUT2D eigenvalue weighted by Gasteiger charge is 2.09. The molecule has 0 amide bonds. The van der Waals surface area contributed by atoms with Crippen LogP contribution in [-0.4, -0.2) is 19.2 Å². The Kier molecular flexibility index (Phi) is 6.93. The SMILES string of the molecule is COc1ccc(CCC(C)NC(C)CC(C)C)cc1. The van der Waals surface area contributed by atoms with E-state index >= 15 is 0 Å². The standard InChI is InChI=1S/C17H29NO/c1-13(2)12-15(4)18-14(3)6-7-16-8-10-17(19-5)11-9-16/h8-11,13-15,18H,6-7,12H2,1-5H3. The van der Waals surface area contributed by atoms with Crippen molar-refractivity contribution < 1.29 is 4.74 Å². The van der Waals surface area contributed by atoms with Crippen molar-refractivity contribution in [2.24, 2.45) is 5.92 Å². The van der Waals surface area contributed by atoms with E-state index < -0.39 is 0 Å². The molecule has 1 aromatic carbocycles. The zero-order valence-electron chi connectivity index (χ0n) is 13.1. The van der Waals surface area contributed by atoms with Crippen molar-refractivity contribution in [2.45, 2.75) is 59.0 Å². The summed E-state index contributed by atoms with van der Waals surface area (Å²) in [5, 5.41) is 3.68. The van der Waals surface area contributed by atoms with Gasteiger partial charge in [-0.15, -0.1) is 0 Å². The molecule has 0 spiro atoms. The summed E-state index contributed by atoms with van der Waals surface area (Å²) in [5.74, 6) is 1.69. The fraction of sp³-hybridized carbons (Fsp3) is 0.647. The topological polar surface area (TPSA) is 21.3 Å². The van der Waals surface area contributed by atoms with Gasteiger partial charge in [-0.1, -0.05) is 26.0 Å². The van der Waals surface area contributed by atoms with Crippen LogP contribution in [0.15, 0.2) is 24.3 Å². The first-order valence-electron chi connectivity index (χ1n) is 7.40. The average Bonchev–Trinajstić information content (AvgIpc) is 2.36. The minimum atomic E-state index is 0.566. The maximum absolute atomic E-state index is 5.17. The highest BCUT2D eigenvalue weighted by Crippen LogP contribution is 2.13. The molecule has 1 aromatic rings. The quantitative estimate of drug-likeness (QED) is 0.764. The molecule has 0 aliphatic heterocycles. The molecule has 108 valence electrons. The van der Waals surface area contributed by atoms with E-state index in [-0.39, 0.29) is 0 Å². The van der Waals surface area contributed by atoms with E-state index in [1.807, 2.05) is 12.1 Å². The van der Waals surface area contributed by atoms with Crippen molar-refractivity contribution in [3.8, 4) is 5.75 Å². The van der Waals surface area contributed by atoms with E-state index in [4.69, 9.17) is 4.74 Å². The van der Waals surface area contributed by atoms with Crippen LogP contribution in [0.4, 0.5) is 0 Å².